The number of nitrogens with two attached hydrogens (primary N) is 1. The molecule has 0 fully saturated rings. The molecule has 1 heterocycles. The van der Waals surface area contributed by atoms with Crippen molar-refractivity contribution in [2.45, 2.75) is 10.8 Å². The minimum absolute atomic E-state index is 0.771. The first-order valence-corrected chi connectivity index (χ1v) is 6.19. The molecule has 0 radical (unpaired) electrons. The number of thioether (sulfide) groups is 1. The highest BCUT2D eigenvalue weighted by molar-refractivity contribution is 9.10. The number of nitrogens with zero attached hydrogens (tertiary/aromatic N) is 2. The van der Waals surface area contributed by atoms with E-state index in [-0.39, 0.29) is 0 Å². The Labute approximate surface area is 101 Å². The number of hydrogen-bond acceptors (Lipinski definition) is 3. The number of benzene rings is 1. The van der Waals surface area contributed by atoms with Gasteiger partial charge in [0.1, 0.15) is 0 Å². The van der Waals surface area contributed by atoms with Gasteiger partial charge in [0.05, 0.1) is 5.88 Å². The molecule has 1 aromatic heterocycles. The summed E-state index contributed by atoms with van der Waals surface area (Å²) in [5.74, 6) is 0.771. The van der Waals surface area contributed by atoms with E-state index in [1.54, 1.807) is 18.0 Å². The fourth-order valence-electron chi connectivity index (χ4n) is 1.15. The van der Waals surface area contributed by atoms with E-state index in [0.29, 0.717) is 0 Å². The Morgan fingerprint density at radius 2 is 2.33 bits per heavy atom. The minimum atomic E-state index is 0.771. The number of nitrogen functional groups attached to an aromatic ring is 1. The molecule has 2 aromatic rings. The van der Waals surface area contributed by atoms with E-state index in [2.05, 4.69) is 21.0 Å². The van der Waals surface area contributed by atoms with Gasteiger partial charge < -0.3 is 5.73 Å². The molecule has 15 heavy (non-hydrogen) atoms. The van der Waals surface area contributed by atoms with Gasteiger partial charge in [0, 0.05) is 27.4 Å². The second kappa shape index (κ2) is 4.72. The molecule has 0 atom stereocenters. The van der Waals surface area contributed by atoms with Crippen LogP contribution in [0.25, 0.3) is 0 Å². The van der Waals surface area contributed by atoms with Gasteiger partial charge >= 0.3 is 0 Å². The Morgan fingerprint density at radius 3 is 3.07 bits per heavy atom. The van der Waals surface area contributed by atoms with Gasteiger partial charge in [0.2, 0.25) is 0 Å². The predicted octanol–water partition coefficient (Wildman–Crippen LogP) is 2.98. The van der Waals surface area contributed by atoms with Crippen molar-refractivity contribution in [2.24, 2.45) is 0 Å². The summed E-state index contributed by atoms with van der Waals surface area (Å²) < 4.78 is 2.91. The van der Waals surface area contributed by atoms with E-state index >= 15 is 0 Å². The third-order valence-electron chi connectivity index (χ3n) is 1.89. The number of hydrogen-bond donors (Lipinski definition) is 1. The lowest BCUT2D eigenvalue weighted by Gasteiger charge is -2.05. The molecule has 3 nitrogen and oxygen atoms in total. The molecule has 0 aliphatic heterocycles. The molecule has 2 rings (SSSR count). The summed E-state index contributed by atoms with van der Waals surface area (Å²) in [5.41, 5.74) is 6.66. The van der Waals surface area contributed by atoms with E-state index in [1.165, 1.54) is 0 Å². The van der Waals surface area contributed by atoms with Crippen LogP contribution in [-0.4, -0.2) is 9.78 Å². The first-order chi connectivity index (χ1) is 7.25. The van der Waals surface area contributed by atoms with Gasteiger partial charge in [-0.1, -0.05) is 15.9 Å². The van der Waals surface area contributed by atoms with Gasteiger partial charge in [-0.2, -0.15) is 5.10 Å². The van der Waals surface area contributed by atoms with Crippen molar-refractivity contribution >= 4 is 33.4 Å². The van der Waals surface area contributed by atoms with Crippen LogP contribution in [0, 0.1) is 0 Å². The van der Waals surface area contributed by atoms with Crippen molar-refractivity contribution in [3.05, 3.63) is 41.1 Å². The molecule has 0 spiro atoms. The maximum Gasteiger partial charge on any atom is 0.0910 e. The molecule has 0 saturated heterocycles. The Hall–Kier alpha value is -0.940. The van der Waals surface area contributed by atoms with Crippen molar-refractivity contribution in [1.29, 1.82) is 0 Å². The van der Waals surface area contributed by atoms with Crippen LogP contribution in [-0.2, 0) is 5.88 Å². The molecule has 1 aromatic carbocycles. The summed E-state index contributed by atoms with van der Waals surface area (Å²) in [5, 5.41) is 4.13. The summed E-state index contributed by atoms with van der Waals surface area (Å²) in [7, 11) is 0. The molecule has 0 bridgehead atoms. The smallest absolute Gasteiger partial charge is 0.0910 e. The fourth-order valence-corrected chi connectivity index (χ4v) is 2.53. The van der Waals surface area contributed by atoms with E-state index in [0.717, 1.165) is 20.9 Å². The van der Waals surface area contributed by atoms with Gasteiger partial charge in [-0.15, -0.1) is 11.8 Å². The number of aromatic nitrogens is 2. The standard InChI is InChI=1S/C10H10BrN3S/c11-8-2-3-9(12)10(6-8)15-7-14-5-1-4-13-14/h1-6H,7,12H2. The third kappa shape index (κ3) is 2.76. The van der Waals surface area contributed by atoms with Crippen molar-refractivity contribution in [3.63, 3.8) is 0 Å². The van der Waals surface area contributed by atoms with Crippen molar-refractivity contribution < 1.29 is 0 Å². The van der Waals surface area contributed by atoms with Gasteiger partial charge in [0.15, 0.2) is 0 Å². The lowest BCUT2D eigenvalue weighted by Crippen LogP contribution is -1.95. The Morgan fingerprint density at radius 1 is 1.47 bits per heavy atom. The quantitative estimate of drug-likeness (QED) is 0.696. The summed E-state index contributed by atoms with van der Waals surface area (Å²) in [6, 6.07) is 7.76. The molecule has 0 amide bonds. The molecule has 78 valence electrons. The lowest BCUT2D eigenvalue weighted by atomic mass is 10.3. The number of anilines is 1. The molecular formula is C10H10BrN3S. The molecule has 5 heteroatoms. The van der Waals surface area contributed by atoms with Crippen molar-refractivity contribution in [1.82, 2.24) is 9.78 Å². The summed E-state index contributed by atoms with van der Waals surface area (Å²) in [4.78, 5) is 1.07. The average molecular weight is 284 g/mol. The molecule has 0 aliphatic carbocycles. The number of halogens is 1. The lowest BCUT2D eigenvalue weighted by molar-refractivity contribution is 0.751. The van der Waals surface area contributed by atoms with Crippen LogP contribution in [0.2, 0.25) is 0 Å². The van der Waals surface area contributed by atoms with E-state index in [1.807, 2.05) is 35.1 Å². The Bertz CT molecular complexity index is 442. The van der Waals surface area contributed by atoms with Gasteiger partial charge in [-0.3, -0.25) is 4.68 Å². The second-order valence-electron chi connectivity index (χ2n) is 3.00. The zero-order valence-corrected chi connectivity index (χ0v) is 10.3. The summed E-state index contributed by atoms with van der Waals surface area (Å²) >= 11 is 5.09. The predicted molar refractivity (Wildman–Crippen MR) is 66.6 cm³/mol. The third-order valence-corrected chi connectivity index (χ3v) is 3.44. The normalized spacial score (nSPS) is 10.5. The fraction of sp³-hybridized carbons (Fsp3) is 0.100. The zero-order chi connectivity index (χ0) is 10.7. The van der Waals surface area contributed by atoms with E-state index < -0.39 is 0 Å². The number of rotatable bonds is 3. The van der Waals surface area contributed by atoms with Crippen molar-refractivity contribution in [2.75, 3.05) is 5.73 Å². The maximum atomic E-state index is 5.86. The summed E-state index contributed by atoms with van der Waals surface area (Å²) in [6.45, 7) is 0. The average Bonchev–Trinajstić information content (AvgIpc) is 2.72. The topological polar surface area (TPSA) is 43.8 Å². The SMILES string of the molecule is Nc1ccc(Br)cc1SCn1cccn1. The highest BCUT2D eigenvalue weighted by Crippen LogP contribution is 2.28. The van der Waals surface area contributed by atoms with Crippen LogP contribution in [0.3, 0.4) is 0 Å². The van der Waals surface area contributed by atoms with Crippen LogP contribution in [0.5, 0.6) is 0 Å². The highest BCUT2D eigenvalue weighted by Gasteiger charge is 2.01. The Kier molecular flexibility index (Phi) is 3.33. The minimum Gasteiger partial charge on any atom is -0.398 e. The van der Waals surface area contributed by atoms with Crippen LogP contribution in [0.1, 0.15) is 0 Å². The molecular weight excluding hydrogens is 274 g/mol. The second-order valence-corrected chi connectivity index (χ2v) is 4.90. The molecule has 2 N–H and O–H groups in total. The van der Waals surface area contributed by atoms with Crippen LogP contribution < -0.4 is 5.73 Å². The summed E-state index contributed by atoms with van der Waals surface area (Å²) in [6.07, 6.45) is 3.70. The van der Waals surface area contributed by atoms with Gasteiger partial charge in [0.25, 0.3) is 0 Å². The zero-order valence-electron chi connectivity index (χ0n) is 7.93. The molecule has 0 aliphatic rings. The van der Waals surface area contributed by atoms with Crippen LogP contribution >= 0.6 is 27.7 Å². The van der Waals surface area contributed by atoms with Crippen LogP contribution in [0.4, 0.5) is 5.69 Å². The highest BCUT2D eigenvalue weighted by atomic mass is 79.9. The van der Waals surface area contributed by atoms with Crippen LogP contribution in [0.15, 0.2) is 46.0 Å². The van der Waals surface area contributed by atoms with E-state index in [9.17, 15) is 0 Å². The van der Waals surface area contributed by atoms with Gasteiger partial charge in [-0.05, 0) is 24.3 Å². The monoisotopic (exact) mass is 283 g/mol. The molecule has 0 saturated carbocycles. The Balaban J connectivity index is 2.07. The van der Waals surface area contributed by atoms with Gasteiger partial charge in [-0.25, -0.2) is 0 Å². The molecule has 0 unspecified atom stereocenters. The largest absolute Gasteiger partial charge is 0.398 e. The van der Waals surface area contributed by atoms with Crippen molar-refractivity contribution in [3.8, 4) is 0 Å². The maximum absolute atomic E-state index is 5.86. The first kappa shape index (κ1) is 10.6. The first-order valence-electron chi connectivity index (χ1n) is 4.41. The van der Waals surface area contributed by atoms with E-state index in [4.69, 9.17) is 5.73 Å².